The average molecular weight is 517 g/mol. The predicted molar refractivity (Wildman–Crippen MR) is 142 cm³/mol. The molecule has 1 heterocycles. The van der Waals surface area contributed by atoms with Crippen LogP contribution >= 0.6 is 0 Å². The number of rotatable bonds is 6. The van der Waals surface area contributed by atoms with Gasteiger partial charge in [0.2, 0.25) is 10.0 Å². The maximum atomic E-state index is 13.1. The van der Waals surface area contributed by atoms with Gasteiger partial charge in [-0.2, -0.15) is 0 Å². The predicted octanol–water partition coefficient (Wildman–Crippen LogP) is 5.65. The molecule has 0 saturated carbocycles. The molecule has 198 valence electrons. The Labute approximate surface area is 216 Å². The maximum Gasteiger partial charge on any atom is 0.410 e. The summed E-state index contributed by atoms with van der Waals surface area (Å²) in [5.74, 6) is 0. The number of likely N-dealkylation sites (tertiary alicyclic amines) is 1. The van der Waals surface area contributed by atoms with Gasteiger partial charge in [-0.15, -0.1) is 0 Å². The van der Waals surface area contributed by atoms with Crippen molar-refractivity contribution in [1.82, 2.24) is 9.62 Å². The molecule has 7 nitrogen and oxygen atoms in total. The molecule has 0 radical (unpaired) electrons. The SMILES string of the molecule is Cc1ccc(S(=O)(=O)NC(C)(C)C)c(-c2ccc(COC3CCN(C(=O)OC(C)(C)C)CC3)cc2)c1. The van der Waals surface area contributed by atoms with Gasteiger partial charge in [-0.3, -0.25) is 0 Å². The number of nitrogens with zero attached hydrogens (tertiary/aromatic N) is 1. The number of sulfonamides is 1. The number of aryl methyl sites for hydroxylation is 1. The Balaban J connectivity index is 1.63. The Bertz CT molecular complexity index is 1150. The molecule has 1 aliphatic rings. The number of hydrogen-bond acceptors (Lipinski definition) is 5. The van der Waals surface area contributed by atoms with E-state index in [1.807, 2.05) is 84.9 Å². The van der Waals surface area contributed by atoms with Gasteiger partial charge in [0, 0.05) is 24.2 Å². The zero-order valence-electron chi connectivity index (χ0n) is 22.6. The molecule has 1 aliphatic heterocycles. The lowest BCUT2D eigenvalue weighted by atomic mass is 10.0. The monoisotopic (exact) mass is 516 g/mol. The Morgan fingerprint density at radius 3 is 2.17 bits per heavy atom. The van der Waals surface area contributed by atoms with Crippen molar-refractivity contribution in [3.05, 3.63) is 53.6 Å². The minimum atomic E-state index is -3.68. The topological polar surface area (TPSA) is 84.9 Å². The highest BCUT2D eigenvalue weighted by atomic mass is 32.2. The Morgan fingerprint density at radius 1 is 1.00 bits per heavy atom. The molecule has 3 rings (SSSR count). The summed E-state index contributed by atoms with van der Waals surface area (Å²) in [5.41, 5.74) is 2.44. The molecular weight excluding hydrogens is 476 g/mol. The van der Waals surface area contributed by atoms with E-state index in [2.05, 4.69) is 4.72 Å². The van der Waals surface area contributed by atoms with E-state index in [0.717, 1.165) is 29.5 Å². The molecular formula is C28H40N2O5S. The molecule has 36 heavy (non-hydrogen) atoms. The van der Waals surface area contributed by atoms with Crippen molar-refractivity contribution in [2.45, 2.75) is 90.1 Å². The molecule has 2 aromatic carbocycles. The van der Waals surface area contributed by atoms with Gasteiger partial charge in [0.1, 0.15) is 5.60 Å². The van der Waals surface area contributed by atoms with Gasteiger partial charge in [-0.05, 0) is 78.5 Å². The van der Waals surface area contributed by atoms with Gasteiger partial charge >= 0.3 is 6.09 Å². The summed E-state index contributed by atoms with van der Waals surface area (Å²) >= 11 is 0. The highest BCUT2D eigenvalue weighted by Crippen LogP contribution is 2.30. The van der Waals surface area contributed by atoms with Crippen LogP contribution in [0.2, 0.25) is 0 Å². The van der Waals surface area contributed by atoms with Crippen LogP contribution in [0.25, 0.3) is 11.1 Å². The van der Waals surface area contributed by atoms with Gasteiger partial charge in [-0.1, -0.05) is 42.0 Å². The lowest BCUT2D eigenvalue weighted by molar-refractivity contribution is -0.0170. The van der Waals surface area contributed by atoms with E-state index in [1.165, 1.54) is 0 Å². The van der Waals surface area contributed by atoms with Gasteiger partial charge < -0.3 is 14.4 Å². The third-order valence-electron chi connectivity index (χ3n) is 5.71. The summed E-state index contributed by atoms with van der Waals surface area (Å²) in [6.45, 7) is 14.7. The molecule has 1 amide bonds. The molecule has 8 heteroatoms. The second-order valence-corrected chi connectivity index (χ2v) is 13.2. The number of carbonyl (C=O) groups excluding carboxylic acids is 1. The van der Waals surface area contributed by atoms with E-state index in [9.17, 15) is 13.2 Å². The minimum Gasteiger partial charge on any atom is -0.444 e. The largest absolute Gasteiger partial charge is 0.444 e. The minimum absolute atomic E-state index is 0.0837. The lowest BCUT2D eigenvalue weighted by Gasteiger charge is -2.33. The zero-order chi connectivity index (χ0) is 26.7. The van der Waals surface area contributed by atoms with Gasteiger partial charge in [0.15, 0.2) is 0 Å². The normalized spacial score (nSPS) is 15.7. The summed E-state index contributed by atoms with van der Waals surface area (Å²) in [6, 6.07) is 13.2. The maximum absolute atomic E-state index is 13.1. The van der Waals surface area contributed by atoms with Gasteiger partial charge in [-0.25, -0.2) is 17.9 Å². The first kappa shape index (κ1) is 28.2. The third-order valence-corrected chi connectivity index (χ3v) is 7.53. The van der Waals surface area contributed by atoms with E-state index in [0.29, 0.717) is 25.3 Å². The molecule has 1 saturated heterocycles. The van der Waals surface area contributed by atoms with Crippen molar-refractivity contribution in [1.29, 1.82) is 0 Å². The van der Waals surface area contributed by atoms with Crippen molar-refractivity contribution in [2.75, 3.05) is 13.1 Å². The zero-order valence-corrected chi connectivity index (χ0v) is 23.4. The van der Waals surface area contributed by atoms with E-state index < -0.39 is 21.2 Å². The van der Waals surface area contributed by atoms with Crippen LogP contribution in [-0.2, 0) is 26.1 Å². The molecule has 1 fully saturated rings. The first-order chi connectivity index (χ1) is 16.6. The van der Waals surface area contributed by atoms with Crippen LogP contribution in [-0.4, -0.2) is 49.7 Å². The molecule has 2 aromatic rings. The number of benzene rings is 2. The molecule has 0 aliphatic carbocycles. The second kappa shape index (κ2) is 10.9. The van der Waals surface area contributed by atoms with Crippen molar-refractivity contribution < 1.29 is 22.7 Å². The number of carbonyl (C=O) groups is 1. The first-order valence-electron chi connectivity index (χ1n) is 12.5. The second-order valence-electron chi connectivity index (χ2n) is 11.5. The fraction of sp³-hybridized carbons (Fsp3) is 0.536. The fourth-order valence-corrected chi connectivity index (χ4v) is 5.72. The van der Waals surface area contributed by atoms with Crippen LogP contribution in [0.15, 0.2) is 47.4 Å². The Morgan fingerprint density at radius 2 is 1.61 bits per heavy atom. The number of hydrogen-bond donors (Lipinski definition) is 1. The van der Waals surface area contributed by atoms with Gasteiger partial charge in [0.05, 0.1) is 17.6 Å². The van der Waals surface area contributed by atoms with Crippen LogP contribution in [0.1, 0.15) is 65.5 Å². The van der Waals surface area contributed by atoms with Crippen molar-refractivity contribution in [3.63, 3.8) is 0 Å². The Hall–Kier alpha value is -2.42. The summed E-state index contributed by atoms with van der Waals surface area (Å²) < 4.78 is 40.5. The van der Waals surface area contributed by atoms with Crippen molar-refractivity contribution in [3.8, 4) is 11.1 Å². The molecule has 0 unspecified atom stereocenters. The number of ether oxygens (including phenoxy) is 2. The standard InChI is InChI=1S/C28H40N2O5S/c1-20-8-13-25(36(32,33)29-27(2,3)4)24(18-20)22-11-9-21(10-12-22)19-34-23-14-16-30(17-15-23)26(31)35-28(5,6)7/h8-13,18,23,29H,14-17,19H2,1-7H3. The van der Waals surface area contributed by atoms with Crippen LogP contribution in [0, 0.1) is 6.92 Å². The highest BCUT2D eigenvalue weighted by Gasteiger charge is 2.27. The van der Waals surface area contributed by atoms with E-state index in [1.54, 1.807) is 11.0 Å². The summed E-state index contributed by atoms with van der Waals surface area (Å²) in [4.78, 5) is 14.3. The molecule has 0 bridgehead atoms. The first-order valence-corrected chi connectivity index (χ1v) is 13.9. The molecule has 0 atom stereocenters. The average Bonchev–Trinajstić information content (AvgIpc) is 2.75. The summed E-state index contributed by atoms with van der Waals surface area (Å²) in [7, 11) is -3.68. The van der Waals surface area contributed by atoms with Crippen LogP contribution in [0.4, 0.5) is 4.79 Å². The van der Waals surface area contributed by atoms with Crippen molar-refractivity contribution >= 4 is 16.1 Å². The summed E-state index contributed by atoms with van der Waals surface area (Å²) in [6.07, 6.45) is 1.35. The molecule has 1 N–H and O–H groups in total. The number of piperidine rings is 1. The fourth-order valence-electron chi connectivity index (χ4n) is 4.09. The number of nitrogens with one attached hydrogen (secondary N) is 1. The number of amides is 1. The van der Waals surface area contributed by atoms with E-state index in [4.69, 9.17) is 9.47 Å². The quantitative estimate of drug-likeness (QED) is 0.536. The van der Waals surface area contributed by atoms with Crippen LogP contribution < -0.4 is 4.72 Å². The van der Waals surface area contributed by atoms with Crippen molar-refractivity contribution in [2.24, 2.45) is 0 Å². The highest BCUT2D eigenvalue weighted by molar-refractivity contribution is 7.89. The van der Waals surface area contributed by atoms with Crippen LogP contribution in [0.5, 0.6) is 0 Å². The molecule has 0 spiro atoms. The van der Waals surface area contributed by atoms with E-state index in [-0.39, 0.29) is 17.1 Å². The summed E-state index contributed by atoms with van der Waals surface area (Å²) in [5, 5.41) is 0. The smallest absolute Gasteiger partial charge is 0.410 e. The molecule has 0 aromatic heterocycles. The lowest BCUT2D eigenvalue weighted by Crippen LogP contribution is -2.43. The third kappa shape index (κ3) is 8.05. The Kier molecular flexibility index (Phi) is 8.53. The van der Waals surface area contributed by atoms with Gasteiger partial charge in [0.25, 0.3) is 0 Å². The van der Waals surface area contributed by atoms with Crippen LogP contribution in [0.3, 0.4) is 0 Å². The van der Waals surface area contributed by atoms with E-state index >= 15 is 0 Å².